The Bertz CT molecular complexity index is 740. The van der Waals surface area contributed by atoms with E-state index < -0.39 is 0 Å². The molecule has 3 aromatic heterocycles. The van der Waals surface area contributed by atoms with Crippen LogP contribution in [0, 0.1) is 11.3 Å². The van der Waals surface area contributed by atoms with Gasteiger partial charge in [0.25, 0.3) is 0 Å². The zero-order valence-electron chi connectivity index (χ0n) is 11.6. The number of nitrogens with zero attached hydrogens (tertiary/aromatic N) is 3. The van der Waals surface area contributed by atoms with Crippen molar-refractivity contribution in [3.63, 3.8) is 0 Å². The number of aromatic nitrogens is 1. The monoisotopic (exact) mass is 313 g/mol. The van der Waals surface area contributed by atoms with Gasteiger partial charge in [-0.2, -0.15) is 5.26 Å². The molecule has 0 fully saturated rings. The number of pyridine rings is 1. The maximum atomic E-state index is 9.09. The molecule has 110 valence electrons. The van der Waals surface area contributed by atoms with Gasteiger partial charge in [-0.1, -0.05) is 11.6 Å². The molecule has 0 aromatic carbocycles. The third kappa shape index (κ3) is 3.13. The van der Waals surface area contributed by atoms with Crippen molar-refractivity contribution >= 4 is 17.4 Å². The van der Waals surface area contributed by atoms with Gasteiger partial charge in [-0.25, -0.2) is 4.98 Å². The summed E-state index contributed by atoms with van der Waals surface area (Å²) in [5.74, 6) is 2.22. The van der Waals surface area contributed by atoms with Crippen molar-refractivity contribution in [2.75, 3.05) is 4.90 Å². The Labute approximate surface area is 132 Å². The lowest BCUT2D eigenvalue weighted by atomic mass is 10.3. The highest BCUT2D eigenvalue weighted by Gasteiger charge is 2.14. The van der Waals surface area contributed by atoms with Crippen LogP contribution in [0.15, 0.2) is 57.8 Å². The summed E-state index contributed by atoms with van der Waals surface area (Å²) < 4.78 is 10.8. The van der Waals surface area contributed by atoms with Gasteiger partial charge >= 0.3 is 0 Å². The van der Waals surface area contributed by atoms with E-state index in [0.717, 1.165) is 11.5 Å². The normalized spacial score (nSPS) is 10.4. The number of halogens is 1. The van der Waals surface area contributed by atoms with E-state index in [4.69, 9.17) is 25.7 Å². The SMILES string of the molecule is N#Cc1nc(N(Cc2ccco2)Cc2ccco2)ccc1Cl. The molecule has 0 unspecified atom stereocenters. The molecule has 22 heavy (non-hydrogen) atoms. The standard InChI is InChI=1S/C16H12ClN3O2/c17-14-5-6-16(19-15(14)9-18)20(10-12-3-1-7-21-12)11-13-4-2-8-22-13/h1-8H,10-11H2. The molecule has 3 aromatic rings. The van der Waals surface area contributed by atoms with Crippen LogP contribution in [0.1, 0.15) is 17.2 Å². The Hall–Kier alpha value is -2.71. The first-order valence-electron chi connectivity index (χ1n) is 6.62. The Morgan fingerprint density at radius 1 is 1.05 bits per heavy atom. The summed E-state index contributed by atoms with van der Waals surface area (Å²) in [5, 5.41) is 9.42. The quantitative estimate of drug-likeness (QED) is 0.712. The lowest BCUT2D eigenvalue weighted by Crippen LogP contribution is -2.23. The van der Waals surface area contributed by atoms with E-state index in [0.29, 0.717) is 23.9 Å². The van der Waals surface area contributed by atoms with E-state index in [1.165, 1.54) is 0 Å². The average molecular weight is 314 g/mol. The predicted octanol–water partition coefficient (Wildman–Crippen LogP) is 4.00. The van der Waals surface area contributed by atoms with E-state index in [2.05, 4.69) is 4.98 Å². The van der Waals surface area contributed by atoms with Gasteiger partial charge in [-0.3, -0.25) is 0 Å². The smallest absolute Gasteiger partial charge is 0.161 e. The van der Waals surface area contributed by atoms with Crippen LogP contribution in [-0.2, 0) is 13.1 Å². The van der Waals surface area contributed by atoms with E-state index in [-0.39, 0.29) is 5.69 Å². The molecule has 6 heteroatoms. The molecule has 0 atom stereocenters. The van der Waals surface area contributed by atoms with Gasteiger partial charge in [0, 0.05) is 0 Å². The molecule has 0 aliphatic heterocycles. The van der Waals surface area contributed by atoms with Crippen LogP contribution in [-0.4, -0.2) is 4.98 Å². The van der Waals surface area contributed by atoms with Crippen molar-refractivity contribution in [2.45, 2.75) is 13.1 Å². The van der Waals surface area contributed by atoms with Crippen LogP contribution in [0.25, 0.3) is 0 Å². The van der Waals surface area contributed by atoms with Gasteiger partial charge in [-0.05, 0) is 36.4 Å². The largest absolute Gasteiger partial charge is 0.467 e. The van der Waals surface area contributed by atoms with E-state index in [1.54, 1.807) is 24.7 Å². The van der Waals surface area contributed by atoms with Crippen molar-refractivity contribution in [3.05, 3.63) is 71.2 Å². The first kappa shape index (κ1) is 14.2. The molecule has 0 saturated carbocycles. The molecular formula is C16H12ClN3O2. The fourth-order valence-corrected chi connectivity index (χ4v) is 2.23. The highest BCUT2D eigenvalue weighted by Crippen LogP contribution is 2.22. The summed E-state index contributed by atoms with van der Waals surface area (Å²) in [5.41, 5.74) is 0.197. The number of hydrogen-bond acceptors (Lipinski definition) is 5. The fourth-order valence-electron chi connectivity index (χ4n) is 2.09. The molecule has 5 nitrogen and oxygen atoms in total. The number of anilines is 1. The molecule has 0 saturated heterocycles. The Morgan fingerprint density at radius 2 is 1.68 bits per heavy atom. The second kappa shape index (κ2) is 6.37. The van der Waals surface area contributed by atoms with Crippen LogP contribution < -0.4 is 4.90 Å². The summed E-state index contributed by atoms with van der Waals surface area (Å²) in [6, 6.07) is 12.9. The topological polar surface area (TPSA) is 66.2 Å². The minimum absolute atomic E-state index is 0.197. The number of furan rings is 2. The maximum absolute atomic E-state index is 9.09. The number of hydrogen-bond donors (Lipinski definition) is 0. The van der Waals surface area contributed by atoms with Gasteiger partial charge in [0.05, 0.1) is 30.6 Å². The number of rotatable bonds is 5. The third-order valence-electron chi connectivity index (χ3n) is 3.11. The molecule has 3 rings (SSSR count). The summed E-state index contributed by atoms with van der Waals surface area (Å²) >= 11 is 5.95. The molecule has 0 spiro atoms. The van der Waals surface area contributed by atoms with Crippen molar-refractivity contribution in [2.24, 2.45) is 0 Å². The first-order chi connectivity index (χ1) is 10.8. The van der Waals surface area contributed by atoms with Crippen molar-refractivity contribution in [1.29, 1.82) is 5.26 Å². The molecule has 0 aliphatic carbocycles. The molecule has 0 amide bonds. The molecule has 0 N–H and O–H groups in total. The highest BCUT2D eigenvalue weighted by molar-refractivity contribution is 6.31. The molecule has 0 bridgehead atoms. The van der Waals surface area contributed by atoms with Gasteiger partial charge in [0.15, 0.2) is 5.69 Å². The van der Waals surface area contributed by atoms with Crippen LogP contribution in [0.4, 0.5) is 5.82 Å². The van der Waals surface area contributed by atoms with Crippen LogP contribution >= 0.6 is 11.6 Å². The molecule has 0 aliphatic rings. The predicted molar refractivity (Wildman–Crippen MR) is 81.3 cm³/mol. The zero-order chi connectivity index (χ0) is 15.4. The van der Waals surface area contributed by atoms with E-state index in [9.17, 15) is 0 Å². The van der Waals surface area contributed by atoms with Gasteiger partial charge in [0.2, 0.25) is 0 Å². The van der Waals surface area contributed by atoms with Gasteiger partial charge in [0.1, 0.15) is 23.4 Å². The summed E-state index contributed by atoms with van der Waals surface area (Å²) in [6.07, 6.45) is 3.24. The lowest BCUT2D eigenvalue weighted by Gasteiger charge is -2.21. The van der Waals surface area contributed by atoms with Crippen molar-refractivity contribution < 1.29 is 8.83 Å². The van der Waals surface area contributed by atoms with Crippen LogP contribution in [0.5, 0.6) is 0 Å². The van der Waals surface area contributed by atoms with E-state index >= 15 is 0 Å². The summed E-state index contributed by atoms with van der Waals surface area (Å²) in [4.78, 5) is 6.25. The van der Waals surface area contributed by atoms with Gasteiger partial charge < -0.3 is 13.7 Å². The second-order valence-corrected chi connectivity index (χ2v) is 5.03. The average Bonchev–Trinajstić information content (AvgIpc) is 3.21. The van der Waals surface area contributed by atoms with Crippen molar-refractivity contribution in [1.82, 2.24) is 4.98 Å². The lowest BCUT2D eigenvalue weighted by molar-refractivity contribution is 0.475. The van der Waals surface area contributed by atoms with E-state index in [1.807, 2.05) is 35.2 Å². The first-order valence-corrected chi connectivity index (χ1v) is 7.00. The minimum atomic E-state index is 0.197. The minimum Gasteiger partial charge on any atom is -0.467 e. The molecular weight excluding hydrogens is 302 g/mol. The summed E-state index contributed by atoms with van der Waals surface area (Å²) in [6.45, 7) is 1.01. The Morgan fingerprint density at radius 3 is 2.18 bits per heavy atom. The molecule has 3 heterocycles. The second-order valence-electron chi connectivity index (χ2n) is 4.63. The fraction of sp³-hybridized carbons (Fsp3) is 0.125. The van der Waals surface area contributed by atoms with Crippen LogP contribution in [0.3, 0.4) is 0 Å². The van der Waals surface area contributed by atoms with Gasteiger partial charge in [-0.15, -0.1) is 0 Å². The molecule has 0 radical (unpaired) electrons. The Kier molecular flexibility index (Phi) is 4.12. The number of nitriles is 1. The van der Waals surface area contributed by atoms with Crippen molar-refractivity contribution in [3.8, 4) is 6.07 Å². The third-order valence-corrected chi connectivity index (χ3v) is 3.42. The summed E-state index contributed by atoms with van der Waals surface area (Å²) in [7, 11) is 0. The highest BCUT2D eigenvalue weighted by atomic mass is 35.5. The maximum Gasteiger partial charge on any atom is 0.161 e. The zero-order valence-corrected chi connectivity index (χ0v) is 12.3. The van der Waals surface area contributed by atoms with Crippen LogP contribution in [0.2, 0.25) is 5.02 Å². The Balaban J connectivity index is 1.91.